The first-order valence-electron chi connectivity index (χ1n) is 5.73. The monoisotopic (exact) mass is 239 g/mol. The summed E-state index contributed by atoms with van der Waals surface area (Å²) in [4.78, 5) is 0. The van der Waals surface area contributed by atoms with Crippen molar-refractivity contribution in [2.24, 2.45) is 0 Å². The first-order chi connectivity index (χ1) is 7.67. The molecule has 0 aliphatic heterocycles. The van der Waals surface area contributed by atoms with Crippen LogP contribution >= 0.6 is 0 Å². The molecular formula is C13H21NOS. The van der Waals surface area contributed by atoms with Crippen LogP contribution < -0.4 is 5.32 Å². The van der Waals surface area contributed by atoms with Gasteiger partial charge in [0, 0.05) is 28.9 Å². The van der Waals surface area contributed by atoms with E-state index in [0.29, 0.717) is 5.75 Å². The van der Waals surface area contributed by atoms with Gasteiger partial charge in [-0.05, 0) is 24.6 Å². The third-order valence-corrected chi connectivity index (χ3v) is 3.47. The molecule has 0 heterocycles. The SMILES string of the molecule is CCCc1ccc(C(CS(C)=O)NC)cc1. The third kappa shape index (κ3) is 4.06. The maximum absolute atomic E-state index is 11.2. The zero-order valence-electron chi connectivity index (χ0n) is 10.3. The van der Waals surface area contributed by atoms with E-state index in [2.05, 4.69) is 36.5 Å². The van der Waals surface area contributed by atoms with Gasteiger partial charge in [-0.1, -0.05) is 37.6 Å². The standard InChI is InChI=1S/C13H21NOS/c1-4-5-11-6-8-12(9-7-11)13(14-2)10-16(3)15/h6-9,13-14H,4-5,10H2,1-3H3. The van der Waals surface area contributed by atoms with E-state index in [1.807, 2.05) is 7.05 Å². The van der Waals surface area contributed by atoms with Crippen LogP contribution in [0.15, 0.2) is 24.3 Å². The van der Waals surface area contributed by atoms with Crippen molar-refractivity contribution in [1.82, 2.24) is 5.32 Å². The minimum Gasteiger partial charge on any atom is -0.312 e. The van der Waals surface area contributed by atoms with Crippen LogP contribution in [0.3, 0.4) is 0 Å². The summed E-state index contributed by atoms with van der Waals surface area (Å²) in [7, 11) is 1.15. The highest BCUT2D eigenvalue weighted by atomic mass is 32.2. The van der Waals surface area contributed by atoms with Crippen molar-refractivity contribution in [2.75, 3.05) is 19.1 Å². The van der Waals surface area contributed by atoms with Crippen LogP contribution in [0.5, 0.6) is 0 Å². The predicted molar refractivity (Wildman–Crippen MR) is 71.2 cm³/mol. The molecule has 1 rings (SSSR count). The molecule has 0 radical (unpaired) electrons. The van der Waals surface area contributed by atoms with Gasteiger partial charge in [0.15, 0.2) is 0 Å². The number of hydrogen-bond donors (Lipinski definition) is 1. The Kier molecular flexibility index (Phi) is 5.71. The normalized spacial score (nSPS) is 14.7. The average molecular weight is 239 g/mol. The van der Waals surface area contributed by atoms with E-state index >= 15 is 0 Å². The Morgan fingerprint density at radius 3 is 2.38 bits per heavy atom. The summed E-state index contributed by atoms with van der Waals surface area (Å²) in [5.41, 5.74) is 2.59. The van der Waals surface area contributed by atoms with Crippen LogP contribution in [0.25, 0.3) is 0 Å². The van der Waals surface area contributed by atoms with Crippen LogP contribution in [-0.2, 0) is 17.2 Å². The lowest BCUT2D eigenvalue weighted by atomic mass is 10.0. The Labute approximate surface area is 101 Å². The largest absolute Gasteiger partial charge is 0.312 e. The molecular weight excluding hydrogens is 218 g/mol. The summed E-state index contributed by atoms with van der Waals surface area (Å²) in [5.74, 6) is 0.670. The van der Waals surface area contributed by atoms with Gasteiger partial charge in [-0.15, -0.1) is 0 Å². The van der Waals surface area contributed by atoms with Crippen molar-refractivity contribution in [3.8, 4) is 0 Å². The lowest BCUT2D eigenvalue weighted by Crippen LogP contribution is -2.22. The molecule has 1 aromatic rings. The lowest BCUT2D eigenvalue weighted by molar-refractivity contribution is 0.638. The molecule has 0 saturated heterocycles. The minimum absolute atomic E-state index is 0.196. The highest BCUT2D eigenvalue weighted by Crippen LogP contribution is 2.15. The second-order valence-corrected chi connectivity index (χ2v) is 5.55. The smallest absolute Gasteiger partial charge is 0.0434 e. The molecule has 90 valence electrons. The number of nitrogens with one attached hydrogen (secondary N) is 1. The van der Waals surface area contributed by atoms with Gasteiger partial charge < -0.3 is 5.32 Å². The van der Waals surface area contributed by atoms with Crippen molar-refractivity contribution in [3.05, 3.63) is 35.4 Å². The van der Waals surface area contributed by atoms with Crippen molar-refractivity contribution in [2.45, 2.75) is 25.8 Å². The first kappa shape index (κ1) is 13.4. The molecule has 16 heavy (non-hydrogen) atoms. The minimum atomic E-state index is -0.767. The summed E-state index contributed by atoms with van der Waals surface area (Å²) in [6.07, 6.45) is 4.05. The van der Waals surface area contributed by atoms with Gasteiger partial charge in [0.1, 0.15) is 0 Å². The van der Waals surface area contributed by atoms with E-state index in [4.69, 9.17) is 0 Å². The van der Waals surface area contributed by atoms with E-state index in [-0.39, 0.29) is 6.04 Å². The molecule has 0 aliphatic carbocycles. The fourth-order valence-electron chi connectivity index (χ4n) is 1.79. The zero-order valence-corrected chi connectivity index (χ0v) is 11.1. The van der Waals surface area contributed by atoms with Crippen LogP contribution in [0.1, 0.15) is 30.5 Å². The van der Waals surface area contributed by atoms with Crippen molar-refractivity contribution in [3.63, 3.8) is 0 Å². The van der Waals surface area contributed by atoms with Gasteiger partial charge >= 0.3 is 0 Å². The molecule has 1 aromatic carbocycles. The molecule has 0 amide bonds. The average Bonchev–Trinajstić information content (AvgIpc) is 2.27. The second kappa shape index (κ2) is 6.81. The first-order valence-corrected chi connectivity index (χ1v) is 7.46. The molecule has 0 spiro atoms. The quantitative estimate of drug-likeness (QED) is 0.825. The summed E-state index contributed by atoms with van der Waals surface area (Å²) in [6.45, 7) is 2.19. The molecule has 2 atom stereocenters. The van der Waals surface area contributed by atoms with Crippen LogP contribution in [0.4, 0.5) is 0 Å². The van der Waals surface area contributed by atoms with Gasteiger partial charge in [0.25, 0.3) is 0 Å². The fourth-order valence-corrected chi connectivity index (χ4v) is 2.61. The Morgan fingerprint density at radius 2 is 1.94 bits per heavy atom. The van der Waals surface area contributed by atoms with Crippen molar-refractivity contribution >= 4 is 10.8 Å². The summed E-state index contributed by atoms with van der Waals surface area (Å²) >= 11 is 0. The summed E-state index contributed by atoms with van der Waals surface area (Å²) in [5, 5.41) is 3.21. The highest BCUT2D eigenvalue weighted by Gasteiger charge is 2.10. The maximum atomic E-state index is 11.2. The van der Waals surface area contributed by atoms with E-state index in [0.717, 1.165) is 6.42 Å². The van der Waals surface area contributed by atoms with Crippen LogP contribution in [0, 0.1) is 0 Å². The highest BCUT2D eigenvalue weighted by molar-refractivity contribution is 7.84. The topological polar surface area (TPSA) is 29.1 Å². The molecule has 0 fully saturated rings. The van der Waals surface area contributed by atoms with Gasteiger partial charge in [-0.2, -0.15) is 0 Å². The molecule has 2 unspecified atom stereocenters. The van der Waals surface area contributed by atoms with Gasteiger partial charge in [0.05, 0.1) is 0 Å². The fraction of sp³-hybridized carbons (Fsp3) is 0.538. The Morgan fingerprint density at radius 1 is 1.31 bits per heavy atom. The van der Waals surface area contributed by atoms with Crippen molar-refractivity contribution < 1.29 is 4.21 Å². The predicted octanol–water partition coefficient (Wildman–Crippen LogP) is 2.28. The third-order valence-electron chi connectivity index (χ3n) is 2.67. The van der Waals surface area contributed by atoms with E-state index < -0.39 is 10.8 Å². The van der Waals surface area contributed by atoms with Crippen LogP contribution in [-0.4, -0.2) is 23.3 Å². The molecule has 0 bridgehead atoms. The van der Waals surface area contributed by atoms with Gasteiger partial charge in [-0.3, -0.25) is 4.21 Å². The van der Waals surface area contributed by atoms with E-state index in [1.165, 1.54) is 17.5 Å². The number of rotatable bonds is 6. The molecule has 1 N–H and O–H groups in total. The Bertz CT molecular complexity index is 334. The number of aryl methyl sites for hydroxylation is 1. The maximum Gasteiger partial charge on any atom is 0.0434 e. The zero-order chi connectivity index (χ0) is 12.0. The molecule has 0 saturated carbocycles. The van der Waals surface area contributed by atoms with Crippen molar-refractivity contribution in [1.29, 1.82) is 0 Å². The van der Waals surface area contributed by atoms with E-state index in [1.54, 1.807) is 6.26 Å². The number of hydrogen-bond acceptors (Lipinski definition) is 2. The number of benzene rings is 1. The molecule has 0 aliphatic rings. The lowest BCUT2D eigenvalue weighted by Gasteiger charge is -2.15. The molecule has 3 heteroatoms. The molecule has 0 aromatic heterocycles. The summed E-state index contributed by atoms with van der Waals surface area (Å²) in [6, 6.07) is 8.81. The van der Waals surface area contributed by atoms with Gasteiger partial charge in [-0.25, -0.2) is 0 Å². The summed E-state index contributed by atoms with van der Waals surface area (Å²) < 4.78 is 11.2. The second-order valence-electron chi connectivity index (χ2n) is 4.07. The Hall–Kier alpha value is -0.670. The van der Waals surface area contributed by atoms with Crippen LogP contribution in [0.2, 0.25) is 0 Å². The molecule has 2 nitrogen and oxygen atoms in total. The van der Waals surface area contributed by atoms with E-state index in [9.17, 15) is 4.21 Å². The Balaban J connectivity index is 2.73. The van der Waals surface area contributed by atoms with Gasteiger partial charge in [0.2, 0.25) is 0 Å².